The molecule has 0 unspecified atom stereocenters. The minimum atomic E-state index is -0.374. The Kier molecular flexibility index (Phi) is 4.68. The summed E-state index contributed by atoms with van der Waals surface area (Å²) in [6, 6.07) is 5.14. The van der Waals surface area contributed by atoms with Gasteiger partial charge in [-0.2, -0.15) is 5.10 Å². The standard InChI is InChI=1S/C14H14Cl2N2O2/c1-3-12-10(14(19)20-4-2)8-17-18(12)13-6-5-9(15)7-11(13)16/h5-8H,3-4H2,1-2H3. The Morgan fingerprint density at radius 1 is 1.35 bits per heavy atom. The molecule has 0 spiro atoms. The van der Waals surface area contributed by atoms with Crippen molar-refractivity contribution < 1.29 is 9.53 Å². The average Bonchev–Trinajstić information content (AvgIpc) is 2.82. The second kappa shape index (κ2) is 6.29. The maximum absolute atomic E-state index is 11.9. The molecule has 0 atom stereocenters. The maximum atomic E-state index is 11.9. The molecule has 20 heavy (non-hydrogen) atoms. The van der Waals surface area contributed by atoms with Crippen LogP contribution >= 0.6 is 23.2 Å². The molecule has 1 aromatic heterocycles. The van der Waals surface area contributed by atoms with E-state index in [2.05, 4.69) is 5.10 Å². The van der Waals surface area contributed by atoms with E-state index < -0.39 is 0 Å². The Hall–Kier alpha value is -1.52. The van der Waals surface area contributed by atoms with Gasteiger partial charge >= 0.3 is 5.97 Å². The Balaban J connectivity index is 2.50. The van der Waals surface area contributed by atoms with Crippen molar-refractivity contribution in [2.75, 3.05) is 6.61 Å². The van der Waals surface area contributed by atoms with Crippen molar-refractivity contribution in [1.29, 1.82) is 0 Å². The van der Waals surface area contributed by atoms with E-state index in [-0.39, 0.29) is 5.97 Å². The molecule has 2 rings (SSSR count). The summed E-state index contributed by atoms with van der Waals surface area (Å²) in [5.74, 6) is -0.374. The van der Waals surface area contributed by atoms with Gasteiger partial charge in [-0.05, 0) is 31.5 Å². The number of ether oxygens (including phenoxy) is 1. The van der Waals surface area contributed by atoms with Gasteiger partial charge in [-0.3, -0.25) is 0 Å². The molecular formula is C14H14Cl2N2O2. The number of carbonyl (C=O) groups excluding carboxylic acids is 1. The first-order valence-electron chi connectivity index (χ1n) is 6.27. The van der Waals surface area contributed by atoms with E-state index in [0.717, 1.165) is 5.69 Å². The van der Waals surface area contributed by atoms with Crippen LogP contribution in [0.4, 0.5) is 0 Å². The molecule has 4 nitrogen and oxygen atoms in total. The molecule has 0 bridgehead atoms. The van der Waals surface area contributed by atoms with E-state index in [9.17, 15) is 4.79 Å². The van der Waals surface area contributed by atoms with Crippen LogP contribution in [0.25, 0.3) is 5.69 Å². The van der Waals surface area contributed by atoms with Crippen LogP contribution in [-0.4, -0.2) is 22.4 Å². The Morgan fingerprint density at radius 2 is 2.10 bits per heavy atom. The van der Waals surface area contributed by atoms with Crippen molar-refractivity contribution in [1.82, 2.24) is 9.78 Å². The minimum Gasteiger partial charge on any atom is -0.462 e. The number of rotatable bonds is 4. The van der Waals surface area contributed by atoms with Gasteiger partial charge in [-0.25, -0.2) is 9.48 Å². The number of hydrogen-bond donors (Lipinski definition) is 0. The quantitative estimate of drug-likeness (QED) is 0.804. The second-order valence-electron chi connectivity index (χ2n) is 4.09. The van der Waals surface area contributed by atoms with Crippen LogP contribution in [-0.2, 0) is 11.2 Å². The largest absolute Gasteiger partial charge is 0.462 e. The predicted molar refractivity (Wildman–Crippen MR) is 78.9 cm³/mol. The molecule has 1 heterocycles. The molecular weight excluding hydrogens is 299 g/mol. The molecule has 2 aromatic rings. The van der Waals surface area contributed by atoms with E-state index in [1.165, 1.54) is 6.20 Å². The summed E-state index contributed by atoms with van der Waals surface area (Å²) in [5.41, 5.74) is 1.90. The molecule has 1 aromatic carbocycles. The number of carbonyl (C=O) groups is 1. The summed E-state index contributed by atoms with van der Waals surface area (Å²) in [5, 5.41) is 5.27. The average molecular weight is 313 g/mol. The first-order valence-corrected chi connectivity index (χ1v) is 7.03. The predicted octanol–water partition coefficient (Wildman–Crippen LogP) is 3.92. The highest BCUT2D eigenvalue weighted by Crippen LogP contribution is 2.26. The smallest absolute Gasteiger partial charge is 0.341 e. The van der Waals surface area contributed by atoms with E-state index in [0.29, 0.717) is 34.3 Å². The van der Waals surface area contributed by atoms with E-state index in [1.807, 2.05) is 6.92 Å². The number of aromatic nitrogens is 2. The second-order valence-corrected chi connectivity index (χ2v) is 4.93. The van der Waals surface area contributed by atoms with Crippen LogP contribution in [0.3, 0.4) is 0 Å². The summed E-state index contributed by atoms with van der Waals surface area (Å²) in [6.07, 6.45) is 2.13. The van der Waals surface area contributed by atoms with Crippen LogP contribution in [0.15, 0.2) is 24.4 Å². The lowest BCUT2D eigenvalue weighted by Crippen LogP contribution is -2.09. The van der Waals surface area contributed by atoms with Gasteiger partial charge in [0, 0.05) is 5.02 Å². The van der Waals surface area contributed by atoms with Crippen LogP contribution in [0.1, 0.15) is 29.9 Å². The lowest BCUT2D eigenvalue weighted by Gasteiger charge is -2.09. The Labute approximate surface area is 127 Å². The third-order valence-electron chi connectivity index (χ3n) is 2.84. The van der Waals surface area contributed by atoms with E-state index in [4.69, 9.17) is 27.9 Å². The molecule has 0 saturated heterocycles. The van der Waals surface area contributed by atoms with E-state index in [1.54, 1.807) is 29.8 Å². The van der Waals surface area contributed by atoms with Gasteiger partial charge in [0.05, 0.1) is 29.2 Å². The highest BCUT2D eigenvalue weighted by atomic mass is 35.5. The molecule has 0 saturated carbocycles. The summed E-state index contributed by atoms with van der Waals surface area (Å²) >= 11 is 12.1. The summed E-state index contributed by atoms with van der Waals surface area (Å²) in [4.78, 5) is 11.9. The Morgan fingerprint density at radius 3 is 2.70 bits per heavy atom. The Bertz CT molecular complexity index is 638. The highest BCUT2D eigenvalue weighted by molar-refractivity contribution is 6.35. The van der Waals surface area contributed by atoms with Gasteiger partial charge in [-0.1, -0.05) is 30.1 Å². The first-order chi connectivity index (χ1) is 9.58. The molecule has 6 heteroatoms. The molecule has 0 aliphatic rings. The molecule has 106 valence electrons. The fourth-order valence-corrected chi connectivity index (χ4v) is 2.44. The van der Waals surface area contributed by atoms with Gasteiger partial charge in [0.25, 0.3) is 0 Å². The SMILES string of the molecule is CCOC(=O)c1cnn(-c2ccc(Cl)cc2Cl)c1CC. The third-order valence-corrected chi connectivity index (χ3v) is 3.37. The van der Waals surface area contributed by atoms with Crippen LogP contribution in [0.2, 0.25) is 10.0 Å². The van der Waals surface area contributed by atoms with E-state index >= 15 is 0 Å². The number of hydrogen-bond acceptors (Lipinski definition) is 3. The van der Waals surface area contributed by atoms with Crippen LogP contribution in [0, 0.1) is 0 Å². The van der Waals surface area contributed by atoms with Gasteiger partial charge in [0.1, 0.15) is 5.56 Å². The van der Waals surface area contributed by atoms with Crippen molar-refractivity contribution >= 4 is 29.2 Å². The van der Waals surface area contributed by atoms with Crippen LogP contribution < -0.4 is 0 Å². The summed E-state index contributed by atoms with van der Waals surface area (Å²) in [7, 11) is 0. The van der Waals surface area contributed by atoms with Crippen LogP contribution in [0.5, 0.6) is 0 Å². The summed E-state index contributed by atoms with van der Waals surface area (Å²) < 4.78 is 6.67. The van der Waals surface area contributed by atoms with Gasteiger partial charge in [0.2, 0.25) is 0 Å². The molecule has 0 radical (unpaired) electrons. The van der Waals surface area contributed by atoms with Crippen molar-refractivity contribution in [3.63, 3.8) is 0 Å². The molecule has 0 fully saturated rings. The number of nitrogens with zero attached hydrogens (tertiary/aromatic N) is 2. The third kappa shape index (κ3) is 2.81. The zero-order valence-corrected chi connectivity index (χ0v) is 12.7. The molecule has 0 amide bonds. The van der Waals surface area contributed by atoms with Crippen molar-refractivity contribution in [2.24, 2.45) is 0 Å². The normalized spacial score (nSPS) is 10.6. The minimum absolute atomic E-state index is 0.328. The highest BCUT2D eigenvalue weighted by Gasteiger charge is 2.19. The first kappa shape index (κ1) is 14.9. The van der Waals surface area contributed by atoms with Gasteiger partial charge < -0.3 is 4.74 Å². The lowest BCUT2D eigenvalue weighted by molar-refractivity contribution is 0.0525. The topological polar surface area (TPSA) is 44.1 Å². The monoisotopic (exact) mass is 312 g/mol. The fraction of sp³-hybridized carbons (Fsp3) is 0.286. The molecule has 0 aliphatic carbocycles. The fourth-order valence-electron chi connectivity index (χ4n) is 1.95. The zero-order valence-electron chi connectivity index (χ0n) is 11.2. The van der Waals surface area contributed by atoms with Crippen molar-refractivity contribution in [2.45, 2.75) is 20.3 Å². The number of esters is 1. The maximum Gasteiger partial charge on any atom is 0.341 e. The molecule has 0 N–H and O–H groups in total. The molecule has 0 aliphatic heterocycles. The van der Waals surface area contributed by atoms with Gasteiger partial charge in [-0.15, -0.1) is 0 Å². The zero-order chi connectivity index (χ0) is 14.7. The van der Waals surface area contributed by atoms with Crippen molar-refractivity contribution in [3.05, 3.63) is 45.7 Å². The summed E-state index contributed by atoms with van der Waals surface area (Å²) in [6.45, 7) is 4.04. The number of benzene rings is 1. The number of halogens is 2. The lowest BCUT2D eigenvalue weighted by atomic mass is 10.2. The van der Waals surface area contributed by atoms with Crippen molar-refractivity contribution in [3.8, 4) is 5.69 Å². The van der Waals surface area contributed by atoms with Gasteiger partial charge in [0.15, 0.2) is 0 Å².